The third kappa shape index (κ3) is 13.0. The predicted octanol–water partition coefficient (Wildman–Crippen LogP) is 12.3. The Balaban J connectivity index is 1.47. The average molecular weight is 585 g/mol. The lowest BCUT2D eigenvalue weighted by Gasteiger charge is -2.15. The van der Waals surface area contributed by atoms with Gasteiger partial charge >= 0.3 is 5.97 Å². The monoisotopic (exact) mass is 584 g/mol. The van der Waals surface area contributed by atoms with Gasteiger partial charge in [-0.2, -0.15) is 0 Å². The molecule has 0 bridgehead atoms. The molecule has 0 radical (unpaired) electrons. The van der Waals surface area contributed by atoms with Crippen molar-refractivity contribution in [3.8, 4) is 28.0 Å². The minimum atomic E-state index is -0.251. The molecule has 0 aliphatic carbocycles. The number of carbonyl (C=O) groups excluding carboxylic acids is 1. The van der Waals surface area contributed by atoms with Crippen LogP contribution in [0.25, 0.3) is 22.3 Å². The van der Waals surface area contributed by atoms with Crippen molar-refractivity contribution in [2.75, 3.05) is 6.61 Å². The van der Waals surface area contributed by atoms with Gasteiger partial charge in [-0.15, -0.1) is 0 Å². The van der Waals surface area contributed by atoms with Crippen LogP contribution in [-0.2, 0) is 9.53 Å². The number of benzene rings is 3. The Hall–Kier alpha value is -3.07. The van der Waals surface area contributed by atoms with Crippen molar-refractivity contribution in [1.82, 2.24) is 0 Å². The van der Waals surface area contributed by atoms with E-state index in [0.717, 1.165) is 42.7 Å². The summed E-state index contributed by atoms with van der Waals surface area (Å²) in [6.45, 7) is 7.25. The van der Waals surface area contributed by atoms with Crippen LogP contribution in [0.15, 0.2) is 72.8 Å². The zero-order chi connectivity index (χ0) is 30.5. The minimum absolute atomic E-state index is 0.0947. The highest BCUT2D eigenvalue weighted by Gasteiger charge is 2.13. The molecule has 0 fully saturated rings. The molecule has 0 aromatic heterocycles. The summed E-state index contributed by atoms with van der Waals surface area (Å²) in [5.41, 5.74) is 5.72. The first-order chi connectivity index (χ1) is 21.1. The van der Waals surface area contributed by atoms with Crippen LogP contribution in [0.3, 0.4) is 0 Å². The Kier molecular flexibility index (Phi) is 16.6. The lowest BCUT2D eigenvalue weighted by molar-refractivity contribution is -0.148. The van der Waals surface area contributed by atoms with Crippen LogP contribution in [0.4, 0.5) is 0 Å². The first kappa shape index (κ1) is 34.4. The molecule has 3 rings (SSSR count). The molecule has 0 amide bonds. The summed E-state index contributed by atoms with van der Waals surface area (Å²) in [6, 6.07) is 25.4. The van der Waals surface area contributed by atoms with Crippen LogP contribution < -0.4 is 4.74 Å². The minimum Gasteiger partial charge on any atom is -0.494 e. The van der Waals surface area contributed by atoms with Crippen LogP contribution in [0.1, 0.15) is 135 Å². The standard InChI is InChI=1S/C40H56O3/c1-4-6-8-10-12-13-15-17-23-40(41)43-33(3)34-24-26-35(27-25-34)38-21-18-19-22-39(38)36-28-30-37(31-29-36)42-32-20-16-14-11-9-7-5-2/h18-19,21-22,24-31,33H,4-17,20,23,32H2,1-3H3. The van der Waals surface area contributed by atoms with Crippen molar-refractivity contribution in [2.45, 2.75) is 130 Å². The quantitative estimate of drug-likeness (QED) is 0.0870. The summed E-state index contributed by atoms with van der Waals surface area (Å²) in [7, 11) is 0. The first-order valence-electron chi connectivity index (χ1n) is 17.2. The van der Waals surface area contributed by atoms with Crippen LogP contribution in [0.5, 0.6) is 5.75 Å². The van der Waals surface area contributed by atoms with Gasteiger partial charge in [0, 0.05) is 6.42 Å². The van der Waals surface area contributed by atoms with E-state index in [4.69, 9.17) is 9.47 Å². The number of hydrogen-bond acceptors (Lipinski definition) is 3. The van der Waals surface area contributed by atoms with Gasteiger partial charge in [-0.1, -0.05) is 158 Å². The summed E-state index contributed by atoms with van der Waals surface area (Å²) in [4.78, 5) is 12.4. The topological polar surface area (TPSA) is 35.5 Å². The molecule has 0 aliphatic heterocycles. The maximum atomic E-state index is 12.4. The Morgan fingerprint density at radius 2 is 1.05 bits per heavy atom. The normalized spacial score (nSPS) is 11.8. The van der Waals surface area contributed by atoms with Gasteiger partial charge in [0.15, 0.2) is 0 Å². The first-order valence-corrected chi connectivity index (χ1v) is 17.2. The molecular formula is C40H56O3. The summed E-state index contributed by atoms with van der Waals surface area (Å²) in [5.74, 6) is 0.838. The van der Waals surface area contributed by atoms with Gasteiger partial charge < -0.3 is 9.47 Å². The van der Waals surface area contributed by atoms with E-state index in [9.17, 15) is 4.79 Å². The Bertz CT molecular complexity index is 1150. The molecule has 1 unspecified atom stereocenters. The molecule has 0 saturated carbocycles. The molecule has 0 heterocycles. The highest BCUT2D eigenvalue weighted by Crippen LogP contribution is 2.34. The number of hydrogen-bond donors (Lipinski definition) is 0. The predicted molar refractivity (Wildman–Crippen MR) is 183 cm³/mol. The van der Waals surface area contributed by atoms with Gasteiger partial charge in [0.2, 0.25) is 0 Å². The van der Waals surface area contributed by atoms with Gasteiger partial charge in [-0.05, 0) is 59.7 Å². The zero-order valence-corrected chi connectivity index (χ0v) is 27.3. The summed E-state index contributed by atoms with van der Waals surface area (Å²) < 4.78 is 11.8. The highest BCUT2D eigenvalue weighted by molar-refractivity contribution is 5.83. The van der Waals surface area contributed by atoms with Crippen molar-refractivity contribution in [3.05, 3.63) is 78.4 Å². The SMILES string of the molecule is CCCCCCCCCCC(=O)OC(C)c1ccc(-c2ccccc2-c2ccc(OCCCCCCCCC)cc2)cc1. The Morgan fingerprint density at radius 3 is 1.58 bits per heavy atom. The molecule has 0 saturated heterocycles. The second-order valence-corrected chi connectivity index (χ2v) is 12.0. The highest BCUT2D eigenvalue weighted by atomic mass is 16.5. The average Bonchev–Trinajstić information content (AvgIpc) is 3.04. The van der Waals surface area contributed by atoms with Crippen molar-refractivity contribution in [2.24, 2.45) is 0 Å². The van der Waals surface area contributed by atoms with E-state index < -0.39 is 0 Å². The molecular weight excluding hydrogens is 528 g/mol. The van der Waals surface area contributed by atoms with Crippen LogP contribution in [0.2, 0.25) is 0 Å². The molecule has 1 atom stereocenters. The fourth-order valence-corrected chi connectivity index (χ4v) is 5.63. The second-order valence-electron chi connectivity index (χ2n) is 12.0. The molecule has 3 nitrogen and oxygen atoms in total. The molecule has 3 heteroatoms. The van der Waals surface area contributed by atoms with Gasteiger partial charge in [0.05, 0.1) is 6.61 Å². The number of rotatable bonds is 22. The van der Waals surface area contributed by atoms with Gasteiger partial charge in [0.25, 0.3) is 0 Å². The Labute approximate surface area is 262 Å². The van der Waals surface area contributed by atoms with Crippen LogP contribution in [0, 0.1) is 0 Å². The van der Waals surface area contributed by atoms with E-state index in [1.807, 2.05) is 6.92 Å². The van der Waals surface area contributed by atoms with Crippen molar-refractivity contribution < 1.29 is 14.3 Å². The van der Waals surface area contributed by atoms with Gasteiger partial charge in [-0.25, -0.2) is 0 Å². The fraction of sp³-hybridized carbons (Fsp3) is 0.525. The molecule has 3 aromatic carbocycles. The molecule has 0 N–H and O–H groups in total. The largest absolute Gasteiger partial charge is 0.494 e. The molecule has 0 spiro atoms. The number of carbonyl (C=O) groups is 1. The lowest BCUT2D eigenvalue weighted by atomic mass is 9.93. The van der Waals surface area contributed by atoms with Gasteiger partial charge in [0.1, 0.15) is 11.9 Å². The van der Waals surface area contributed by atoms with Crippen molar-refractivity contribution >= 4 is 5.97 Å². The number of esters is 1. The smallest absolute Gasteiger partial charge is 0.306 e. The van der Waals surface area contributed by atoms with Crippen LogP contribution in [-0.4, -0.2) is 12.6 Å². The number of ether oxygens (including phenoxy) is 2. The second kappa shape index (κ2) is 20.8. The lowest BCUT2D eigenvalue weighted by Crippen LogP contribution is -2.08. The maximum absolute atomic E-state index is 12.4. The van der Waals surface area contributed by atoms with Crippen molar-refractivity contribution in [3.63, 3.8) is 0 Å². The fourth-order valence-electron chi connectivity index (χ4n) is 5.63. The summed E-state index contributed by atoms with van der Waals surface area (Å²) in [5, 5.41) is 0. The number of unbranched alkanes of at least 4 members (excludes halogenated alkanes) is 13. The van der Waals surface area contributed by atoms with E-state index >= 15 is 0 Å². The summed E-state index contributed by atoms with van der Waals surface area (Å²) >= 11 is 0. The maximum Gasteiger partial charge on any atom is 0.306 e. The molecule has 43 heavy (non-hydrogen) atoms. The van der Waals surface area contributed by atoms with E-state index in [-0.39, 0.29) is 12.1 Å². The zero-order valence-electron chi connectivity index (χ0n) is 27.3. The molecule has 0 aliphatic rings. The molecule has 3 aromatic rings. The third-order valence-corrected chi connectivity index (χ3v) is 8.34. The van der Waals surface area contributed by atoms with E-state index in [1.54, 1.807) is 0 Å². The van der Waals surface area contributed by atoms with Gasteiger partial charge in [-0.3, -0.25) is 4.79 Å². The van der Waals surface area contributed by atoms with E-state index in [0.29, 0.717) is 6.42 Å². The van der Waals surface area contributed by atoms with Crippen LogP contribution >= 0.6 is 0 Å². The van der Waals surface area contributed by atoms with E-state index in [1.165, 1.54) is 93.7 Å². The Morgan fingerprint density at radius 1 is 0.581 bits per heavy atom. The summed E-state index contributed by atoms with van der Waals surface area (Å²) in [6.07, 6.45) is 19.1. The van der Waals surface area contributed by atoms with Crippen molar-refractivity contribution in [1.29, 1.82) is 0 Å². The third-order valence-electron chi connectivity index (χ3n) is 8.34. The molecule has 234 valence electrons. The van der Waals surface area contributed by atoms with E-state index in [2.05, 4.69) is 86.6 Å².